The fourth-order valence-corrected chi connectivity index (χ4v) is 1.08. The molecular weight excluding hydrogens is 216 g/mol. The van der Waals surface area contributed by atoms with Gasteiger partial charge in [0.25, 0.3) is 0 Å². The van der Waals surface area contributed by atoms with Crippen LogP contribution < -0.4 is 0 Å². The van der Waals surface area contributed by atoms with E-state index in [1.807, 2.05) is 0 Å². The second-order valence-electron chi connectivity index (χ2n) is 3.07. The summed E-state index contributed by atoms with van der Waals surface area (Å²) in [6, 6.07) is 3.57. The highest BCUT2D eigenvalue weighted by Crippen LogP contribution is 2.06. The second-order valence-corrected chi connectivity index (χ2v) is 3.07. The first-order valence-corrected chi connectivity index (χ1v) is 4.68. The molecule has 0 aliphatic heterocycles. The van der Waals surface area contributed by atoms with Crippen LogP contribution in [0.15, 0.2) is 23.2 Å². The highest BCUT2D eigenvalue weighted by atomic mass is 19.2. The molecule has 0 aliphatic carbocycles. The summed E-state index contributed by atoms with van der Waals surface area (Å²) in [6.07, 6.45) is 1.01. The number of hydrogen-bond donors (Lipinski definition) is 0. The van der Waals surface area contributed by atoms with E-state index in [0.29, 0.717) is 12.1 Å². The van der Waals surface area contributed by atoms with E-state index in [-0.39, 0.29) is 0 Å². The van der Waals surface area contributed by atoms with Crippen molar-refractivity contribution in [3.8, 4) is 0 Å². The molecule has 0 spiro atoms. The van der Waals surface area contributed by atoms with Crippen LogP contribution in [0.25, 0.3) is 0 Å². The van der Waals surface area contributed by atoms with Crippen molar-refractivity contribution >= 4 is 6.21 Å². The van der Waals surface area contributed by atoms with Crippen molar-refractivity contribution < 1.29 is 18.3 Å². The molecule has 88 valence electrons. The maximum Gasteiger partial charge on any atom is 0.176 e. The Balaban J connectivity index is 2.59. The summed E-state index contributed by atoms with van der Waals surface area (Å²) in [5.74, 6) is -1.76. The van der Waals surface area contributed by atoms with Crippen LogP contribution >= 0.6 is 0 Å². The molecule has 0 bridgehead atoms. The molecule has 0 saturated carbocycles. The average molecular weight is 229 g/mol. The van der Waals surface area contributed by atoms with E-state index in [4.69, 9.17) is 9.47 Å². The summed E-state index contributed by atoms with van der Waals surface area (Å²) >= 11 is 0. The molecule has 0 aliphatic rings. The molecule has 0 aromatic heterocycles. The Morgan fingerprint density at radius 2 is 1.94 bits per heavy atom. The van der Waals surface area contributed by atoms with Crippen molar-refractivity contribution in [1.82, 2.24) is 0 Å². The van der Waals surface area contributed by atoms with Crippen LogP contribution in [0.1, 0.15) is 5.56 Å². The van der Waals surface area contributed by atoms with E-state index >= 15 is 0 Å². The Morgan fingerprint density at radius 3 is 2.50 bits per heavy atom. The predicted molar refractivity (Wildman–Crippen MR) is 56.6 cm³/mol. The Bertz CT molecular complexity index is 365. The van der Waals surface area contributed by atoms with Crippen molar-refractivity contribution in [2.75, 3.05) is 20.8 Å². The van der Waals surface area contributed by atoms with E-state index in [2.05, 4.69) is 4.99 Å². The normalized spacial score (nSPS) is 11.6. The second kappa shape index (κ2) is 6.30. The third-order valence-electron chi connectivity index (χ3n) is 1.96. The molecule has 16 heavy (non-hydrogen) atoms. The van der Waals surface area contributed by atoms with Gasteiger partial charge in [-0.1, -0.05) is 6.07 Å². The number of halogens is 2. The molecule has 3 nitrogen and oxygen atoms in total. The van der Waals surface area contributed by atoms with Gasteiger partial charge in [-0.25, -0.2) is 8.78 Å². The Morgan fingerprint density at radius 1 is 1.25 bits per heavy atom. The minimum Gasteiger partial charge on any atom is -0.354 e. The molecule has 0 fully saturated rings. The summed E-state index contributed by atoms with van der Waals surface area (Å²) in [5.41, 5.74) is 0.491. The maximum absolute atomic E-state index is 12.8. The third kappa shape index (κ3) is 3.67. The number of rotatable bonds is 5. The highest BCUT2D eigenvalue weighted by molar-refractivity contribution is 5.79. The van der Waals surface area contributed by atoms with Crippen LogP contribution in [0.3, 0.4) is 0 Å². The van der Waals surface area contributed by atoms with E-state index in [0.717, 1.165) is 12.1 Å². The van der Waals surface area contributed by atoms with Crippen LogP contribution in [-0.2, 0) is 9.47 Å². The van der Waals surface area contributed by atoms with Crippen LogP contribution in [0, 0.1) is 11.6 Å². The van der Waals surface area contributed by atoms with Crippen molar-refractivity contribution in [2.45, 2.75) is 6.29 Å². The SMILES string of the molecule is COC(CN=Cc1ccc(F)c(F)c1)OC. The zero-order valence-electron chi connectivity index (χ0n) is 9.11. The summed E-state index contributed by atoms with van der Waals surface area (Å²) in [5, 5.41) is 0. The lowest BCUT2D eigenvalue weighted by atomic mass is 10.2. The molecule has 0 N–H and O–H groups in total. The van der Waals surface area contributed by atoms with E-state index < -0.39 is 17.9 Å². The van der Waals surface area contributed by atoms with Gasteiger partial charge >= 0.3 is 0 Å². The fourth-order valence-electron chi connectivity index (χ4n) is 1.08. The van der Waals surface area contributed by atoms with E-state index in [1.165, 1.54) is 26.5 Å². The number of aliphatic imine (C=N–C) groups is 1. The zero-order valence-corrected chi connectivity index (χ0v) is 9.11. The Labute approximate surface area is 92.7 Å². The van der Waals surface area contributed by atoms with Gasteiger partial charge in [0.05, 0.1) is 6.54 Å². The largest absolute Gasteiger partial charge is 0.354 e. The van der Waals surface area contributed by atoms with Crippen LogP contribution in [0.2, 0.25) is 0 Å². The van der Waals surface area contributed by atoms with Gasteiger partial charge < -0.3 is 9.47 Å². The molecule has 0 amide bonds. The summed E-state index contributed by atoms with van der Waals surface area (Å²) in [7, 11) is 3.00. The van der Waals surface area contributed by atoms with Crippen LogP contribution in [0.4, 0.5) is 8.78 Å². The van der Waals surface area contributed by atoms with E-state index in [9.17, 15) is 8.78 Å². The van der Waals surface area contributed by atoms with Crippen LogP contribution in [-0.4, -0.2) is 33.3 Å². The first-order chi connectivity index (χ1) is 7.67. The van der Waals surface area contributed by atoms with Gasteiger partial charge in [0.1, 0.15) is 0 Å². The molecule has 0 saturated heterocycles. The first-order valence-electron chi connectivity index (χ1n) is 4.68. The molecule has 0 unspecified atom stereocenters. The van der Waals surface area contributed by atoms with Gasteiger partial charge in [0.2, 0.25) is 0 Å². The minimum atomic E-state index is -0.890. The predicted octanol–water partition coefficient (Wildman–Crippen LogP) is 2.00. The molecule has 5 heteroatoms. The van der Waals surface area contributed by atoms with Gasteiger partial charge in [0.15, 0.2) is 17.9 Å². The molecule has 1 aromatic rings. The standard InChI is InChI=1S/C11H13F2NO2/c1-15-11(16-2)7-14-6-8-3-4-9(12)10(13)5-8/h3-6,11H,7H2,1-2H3. The quantitative estimate of drug-likeness (QED) is 0.571. The summed E-state index contributed by atoms with van der Waals surface area (Å²) in [4.78, 5) is 3.99. The highest BCUT2D eigenvalue weighted by Gasteiger charge is 2.03. The van der Waals surface area contributed by atoms with E-state index in [1.54, 1.807) is 0 Å². The van der Waals surface area contributed by atoms with Crippen molar-refractivity contribution in [1.29, 1.82) is 0 Å². The molecule has 1 rings (SSSR count). The minimum absolute atomic E-state index is 0.298. The molecule has 1 aromatic carbocycles. The van der Waals surface area contributed by atoms with Gasteiger partial charge in [-0.3, -0.25) is 4.99 Å². The number of benzene rings is 1. The Hall–Kier alpha value is -1.33. The van der Waals surface area contributed by atoms with Gasteiger partial charge in [0, 0.05) is 20.4 Å². The fraction of sp³-hybridized carbons (Fsp3) is 0.364. The summed E-state index contributed by atoms with van der Waals surface area (Å²) < 4.78 is 35.2. The average Bonchev–Trinajstić information content (AvgIpc) is 2.29. The lowest BCUT2D eigenvalue weighted by molar-refractivity contribution is -0.0936. The third-order valence-corrected chi connectivity index (χ3v) is 1.96. The topological polar surface area (TPSA) is 30.8 Å². The number of ether oxygens (including phenoxy) is 2. The smallest absolute Gasteiger partial charge is 0.176 e. The maximum atomic E-state index is 12.8. The van der Waals surface area contributed by atoms with Gasteiger partial charge in [-0.05, 0) is 17.7 Å². The number of hydrogen-bond acceptors (Lipinski definition) is 3. The monoisotopic (exact) mass is 229 g/mol. The van der Waals surface area contributed by atoms with Crippen molar-refractivity contribution in [3.05, 3.63) is 35.4 Å². The lowest BCUT2D eigenvalue weighted by Crippen LogP contribution is -2.16. The summed E-state index contributed by atoms with van der Waals surface area (Å²) in [6.45, 7) is 0.298. The molecular formula is C11H13F2NO2. The first kappa shape index (κ1) is 12.7. The number of nitrogens with zero attached hydrogens (tertiary/aromatic N) is 1. The van der Waals surface area contributed by atoms with Crippen LogP contribution in [0.5, 0.6) is 0 Å². The zero-order chi connectivity index (χ0) is 12.0. The molecule has 0 radical (unpaired) electrons. The number of methoxy groups -OCH3 is 2. The lowest BCUT2D eigenvalue weighted by Gasteiger charge is -2.09. The Kier molecular flexibility index (Phi) is 5.01. The van der Waals surface area contributed by atoms with Gasteiger partial charge in [-0.15, -0.1) is 0 Å². The van der Waals surface area contributed by atoms with Gasteiger partial charge in [-0.2, -0.15) is 0 Å². The molecule has 0 atom stereocenters. The van der Waals surface area contributed by atoms with Crippen molar-refractivity contribution in [3.63, 3.8) is 0 Å². The molecule has 0 heterocycles. The van der Waals surface area contributed by atoms with Crippen molar-refractivity contribution in [2.24, 2.45) is 4.99 Å².